The van der Waals surface area contributed by atoms with E-state index in [9.17, 15) is 8.42 Å². The number of benzene rings is 1. The molecule has 1 N–H and O–H groups in total. The summed E-state index contributed by atoms with van der Waals surface area (Å²) < 4.78 is 30.3. The molecule has 1 aromatic heterocycles. The lowest BCUT2D eigenvalue weighted by Gasteiger charge is -2.20. The lowest BCUT2D eigenvalue weighted by Crippen LogP contribution is -2.32. The van der Waals surface area contributed by atoms with E-state index in [2.05, 4.69) is 9.71 Å². The fraction of sp³-hybridized carbons (Fsp3) is 0.0833. The maximum Gasteiger partial charge on any atom is 0.382 e. The van der Waals surface area contributed by atoms with Crippen LogP contribution >= 0.6 is 0 Å². The molecule has 0 amide bonds. The van der Waals surface area contributed by atoms with Crippen molar-refractivity contribution < 1.29 is 12.6 Å². The highest BCUT2D eigenvalue weighted by Gasteiger charge is 2.24. The molecule has 1 aliphatic rings. The minimum absolute atomic E-state index is 0.247. The van der Waals surface area contributed by atoms with Gasteiger partial charge in [0.05, 0.1) is 0 Å². The van der Waals surface area contributed by atoms with Crippen LogP contribution in [0.25, 0.3) is 11.1 Å². The third-order valence-corrected chi connectivity index (χ3v) is 3.60. The van der Waals surface area contributed by atoms with Crippen molar-refractivity contribution >= 4 is 10.3 Å². The average molecular weight is 262 g/mol. The van der Waals surface area contributed by atoms with Crippen LogP contribution in [0.4, 0.5) is 0 Å². The monoisotopic (exact) mass is 262 g/mol. The first kappa shape index (κ1) is 11.2. The molecule has 0 unspecified atom stereocenters. The van der Waals surface area contributed by atoms with Gasteiger partial charge in [0.2, 0.25) is 0 Å². The van der Waals surface area contributed by atoms with Crippen molar-refractivity contribution in [2.75, 3.05) is 0 Å². The number of para-hydroxylation sites is 1. The molecule has 0 atom stereocenters. The molecule has 92 valence electrons. The Hall–Kier alpha value is -1.92. The first-order valence-corrected chi connectivity index (χ1v) is 6.78. The second kappa shape index (κ2) is 4.08. The molecule has 0 saturated carbocycles. The van der Waals surface area contributed by atoms with Gasteiger partial charge >= 0.3 is 10.3 Å². The number of hydrogen-bond acceptors (Lipinski definition) is 4. The first-order valence-electron chi connectivity index (χ1n) is 5.37. The molecule has 1 aliphatic heterocycles. The van der Waals surface area contributed by atoms with Gasteiger partial charge in [-0.25, -0.2) is 0 Å². The van der Waals surface area contributed by atoms with Gasteiger partial charge in [-0.2, -0.15) is 13.1 Å². The summed E-state index contributed by atoms with van der Waals surface area (Å²) in [5.74, 6) is 0.391. The highest BCUT2D eigenvalue weighted by Crippen LogP contribution is 2.35. The van der Waals surface area contributed by atoms with Crippen molar-refractivity contribution in [2.45, 2.75) is 6.54 Å². The van der Waals surface area contributed by atoms with E-state index < -0.39 is 10.3 Å². The summed E-state index contributed by atoms with van der Waals surface area (Å²) in [4.78, 5) is 3.94. The highest BCUT2D eigenvalue weighted by molar-refractivity contribution is 7.85. The lowest BCUT2D eigenvalue weighted by atomic mass is 10.0. The van der Waals surface area contributed by atoms with E-state index in [0.717, 1.165) is 16.7 Å². The molecule has 0 radical (unpaired) electrons. The largest absolute Gasteiger partial charge is 0.382 e. The minimum atomic E-state index is -3.69. The molecule has 1 aromatic carbocycles. The summed E-state index contributed by atoms with van der Waals surface area (Å²) >= 11 is 0. The van der Waals surface area contributed by atoms with Crippen LogP contribution < -0.4 is 8.91 Å². The minimum Gasteiger partial charge on any atom is -0.370 e. The number of aromatic nitrogens is 1. The molecule has 0 spiro atoms. The Morgan fingerprint density at radius 1 is 1.17 bits per heavy atom. The van der Waals surface area contributed by atoms with Crippen LogP contribution in [0.15, 0.2) is 42.7 Å². The Labute approximate surface area is 105 Å². The number of nitrogens with one attached hydrogen (secondary N) is 1. The smallest absolute Gasteiger partial charge is 0.370 e. The molecule has 3 rings (SSSR count). The molecular weight excluding hydrogens is 252 g/mol. The number of nitrogens with zero attached hydrogens (tertiary/aromatic N) is 1. The molecule has 6 heteroatoms. The van der Waals surface area contributed by atoms with Crippen molar-refractivity contribution in [1.82, 2.24) is 9.71 Å². The van der Waals surface area contributed by atoms with E-state index in [0.29, 0.717) is 5.75 Å². The van der Waals surface area contributed by atoms with Gasteiger partial charge < -0.3 is 4.18 Å². The molecule has 0 aliphatic carbocycles. The molecule has 0 saturated heterocycles. The van der Waals surface area contributed by atoms with Gasteiger partial charge in [0, 0.05) is 30.1 Å². The normalized spacial score (nSPS) is 16.7. The van der Waals surface area contributed by atoms with Crippen LogP contribution in [0.3, 0.4) is 0 Å². The highest BCUT2D eigenvalue weighted by atomic mass is 32.2. The average Bonchev–Trinajstić information content (AvgIpc) is 2.38. The Morgan fingerprint density at radius 2 is 1.94 bits per heavy atom. The van der Waals surface area contributed by atoms with E-state index in [1.165, 1.54) is 0 Å². The summed E-state index contributed by atoms with van der Waals surface area (Å²) in [5, 5.41) is 0. The van der Waals surface area contributed by atoms with Gasteiger partial charge in [0.15, 0.2) is 5.75 Å². The molecule has 18 heavy (non-hydrogen) atoms. The third kappa shape index (κ3) is 1.96. The van der Waals surface area contributed by atoms with Crippen LogP contribution in [0.2, 0.25) is 0 Å². The predicted octanol–water partition coefficient (Wildman–Crippen LogP) is 1.48. The first-order chi connectivity index (χ1) is 8.66. The van der Waals surface area contributed by atoms with E-state index >= 15 is 0 Å². The fourth-order valence-corrected chi connectivity index (χ4v) is 2.69. The molecule has 2 heterocycles. The fourth-order valence-electron chi connectivity index (χ4n) is 1.89. The predicted molar refractivity (Wildman–Crippen MR) is 66.1 cm³/mol. The maximum absolute atomic E-state index is 11.5. The van der Waals surface area contributed by atoms with E-state index in [4.69, 9.17) is 4.18 Å². The molecule has 0 bridgehead atoms. The Morgan fingerprint density at radius 3 is 2.72 bits per heavy atom. The zero-order valence-corrected chi connectivity index (χ0v) is 10.1. The zero-order valence-electron chi connectivity index (χ0n) is 9.33. The summed E-state index contributed by atoms with van der Waals surface area (Å²) in [6.07, 6.45) is 3.31. The van der Waals surface area contributed by atoms with Gasteiger partial charge in [0.1, 0.15) is 0 Å². The Bertz CT molecular complexity index is 684. The van der Waals surface area contributed by atoms with Gasteiger partial charge in [-0.3, -0.25) is 4.98 Å². The second-order valence-corrected chi connectivity index (χ2v) is 5.25. The Kier molecular flexibility index (Phi) is 2.53. The maximum atomic E-state index is 11.5. The van der Waals surface area contributed by atoms with Crippen LogP contribution in [-0.4, -0.2) is 13.4 Å². The summed E-state index contributed by atoms with van der Waals surface area (Å²) in [6.45, 7) is 0.247. The molecule has 2 aromatic rings. The quantitative estimate of drug-likeness (QED) is 0.845. The number of fused-ring (bicyclic) bond motifs is 1. The summed E-state index contributed by atoms with van der Waals surface area (Å²) in [6, 6.07) is 9.16. The van der Waals surface area contributed by atoms with Crippen molar-refractivity contribution in [3.8, 4) is 16.9 Å². The lowest BCUT2D eigenvalue weighted by molar-refractivity contribution is 0.454. The van der Waals surface area contributed by atoms with E-state index in [1.54, 1.807) is 12.4 Å². The van der Waals surface area contributed by atoms with Crippen LogP contribution in [0.5, 0.6) is 5.75 Å². The van der Waals surface area contributed by atoms with Crippen molar-refractivity contribution in [3.63, 3.8) is 0 Å². The molecule has 5 nitrogen and oxygen atoms in total. The SMILES string of the molecule is O=S1(=O)NCc2cccc(-c3ccncc3)c2O1. The van der Waals surface area contributed by atoms with Gasteiger partial charge in [0.25, 0.3) is 0 Å². The second-order valence-electron chi connectivity index (χ2n) is 3.89. The van der Waals surface area contributed by atoms with Gasteiger partial charge in [-0.1, -0.05) is 18.2 Å². The summed E-state index contributed by atoms with van der Waals surface area (Å²) in [5.41, 5.74) is 2.44. The van der Waals surface area contributed by atoms with Crippen LogP contribution in [0.1, 0.15) is 5.56 Å². The van der Waals surface area contributed by atoms with Crippen molar-refractivity contribution in [2.24, 2.45) is 0 Å². The number of hydrogen-bond donors (Lipinski definition) is 1. The van der Waals surface area contributed by atoms with E-state index in [1.807, 2.05) is 30.3 Å². The number of rotatable bonds is 1. The van der Waals surface area contributed by atoms with Crippen molar-refractivity contribution in [1.29, 1.82) is 0 Å². The van der Waals surface area contributed by atoms with Gasteiger partial charge in [-0.15, -0.1) is 0 Å². The van der Waals surface area contributed by atoms with Gasteiger partial charge in [-0.05, 0) is 17.7 Å². The van der Waals surface area contributed by atoms with Crippen LogP contribution in [0, 0.1) is 0 Å². The zero-order chi connectivity index (χ0) is 12.6. The Balaban J connectivity index is 2.18. The van der Waals surface area contributed by atoms with E-state index in [-0.39, 0.29) is 6.54 Å². The molecule has 0 fully saturated rings. The summed E-state index contributed by atoms with van der Waals surface area (Å²) in [7, 11) is -3.69. The topological polar surface area (TPSA) is 68.3 Å². The number of pyridine rings is 1. The van der Waals surface area contributed by atoms with Crippen LogP contribution in [-0.2, 0) is 16.8 Å². The standard InChI is InChI=1S/C12H10N2O3S/c15-18(16)14-8-10-2-1-3-11(12(10)17-18)9-4-6-13-7-5-9/h1-7,14H,8H2. The molecular formula is C12H10N2O3S. The van der Waals surface area contributed by atoms with Crippen molar-refractivity contribution in [3.05, 3.63) is 48.3 Å². The third-order valence-electron chi connectivity index (χ3n) is 2.72.